The van der Waals surface area contributed by atoms with Gasteiger partial charge in [-0.05, 0) is 43.0 Å². The first-order valence-corrected chi connectivity index (χ1v) is 9.82. The Hall–Kier alpha value is -1.56. The van der Waals surface area contributed by atoms with Crippen LogP contribution in [0.15, 0.2) is 17.5 Å². The molecule has 3 N–H and O–H groups in total. The van der Waals surface area contributed by atoms with Gasteiger partial charge < -0.3 is 16.0 Å². The Balaban J connectivity index is 1.57. The third-order valence-electron chi connectivity index (χ3n) is 5.48. The van der Waals surface area contributed by atoms with Gasteiger partial charge in [0.15, 0.2) is 0 Å². The van der Waals surface area contributed by atoms with Gasteiger partial charge >= 0.3 is 6.03 Å². The van der Waals surface area contributed by atoms with E-state index >= 15 is 0 Å². The highest BCUT2D eigenvalue weighted by molar-refractivity contribution is 7.10. The van der Waals surface area contributed by atoms with Crippen LogP contribution in [0.4, 0.5) is 4.79 Å². The first kappa shape index (κ1) is 17.3. The number of nitrogens with one attached hydrogen (secondary N) is 1. The molecule has 1 aliphatic carbocycles. The van der Waals surface area contributed by atoms with Gasteiger partial charge in [-0.1, -0.05) is 18.9 Å². The summed E-state index contributed by atoms with van der Waals surface area (Å²) in [7, 11) is 0. The minimum absolute atomic E-state index is 0.00648. The number of likely N-dealkylation sites (tertiary alicyclic amines) is 1. The van der Waals surface area contributed by atoms with E-state index in [1.54, 1.807) is 11.3 Å². The van der Waals surface area contributed by atoms with E-state index in [0.29, 0.717) is 19.5 Å². The largest absolute Gasteiger partial charge is 0.370 e. The Bertz CT molecular complexity index is 567. The number of hydrogen-bond acceptors (Lipinski definition) is 3. The average Bonchev–Trinajstić information content (AvgIpc) is 3.24. The summed E-state index contributed by atoms with van der Waals surface area (Å²) < 4.78 is 0. The maximum atomic E-state index is 12.6. The number of primary amides is 1. The van der Waals surface area contributed by atoms with Crippen LogP contribution in [0.25, 0.3) is 0 Å². The molecule has 0 bridgehead atoms. The Morgan fingerprint density at radius 2 is 2.12 bits per heavy atom. The van der Waals surface area contributed by atoms with Gasteiger partial charge in [-0.25, -0.2) is 4.79 Å². The van der Waals surface area contributed by atoms with E-state index in [-0.39, 0.29) is 23.3 Å². The minimum atomic E-state index is -0.273. The number of thiophene rings is 1. The zero-order valence-corrected chi connectivity index (χ0v) is 14.9. The molecule has 1 saturated carbocycles. The predicted octanol–water partition coefficient (Wildman–Crippen LogP) is 2.86. The number of nitrogens with zero attached hydrogens (tertiary/aromatic N) is 1. The average molecular weight is 350 g/mol. The molecule has 1 aliphatic heterocycles. The van der Waals surface area contributed by atoms with E-state index in [9.17, 15) is 9.59 Å². The Morgan fingerprint density at radius 3 is 2.79 bits per heavy atom. The molecule has 2 fully saturated rings. The van der Waals surface area contributed by atoms with Crippen LogP contribution in [0, 0.1) is 5.92 Å². The van der Waals surface area contributed by atoms with E-state index in [1.165, 1.54) is 17.7 Å². The van der Waals surface area contributed by atoms with Crippen LogP contribution in [0.5, 0.6) is 0 Å². The van der Waals surface area contributed by atoms with E-state index in [4.69, 9.17) is 5.73 Å². The quantitative estimate of drug-likeness (QED) is 0.858. The van der Waals surface area contributed by atoms with Crippen molar-refractivity contribution in [3.63, 3.8) is 0 Å². The standard InChI is InChI=1S/C18H27N3O2S/c19-16(22)11-14-5-3-9-21(12-14)17(23)20-13-18(7-1-2-8-18)15-6-4-10-24-15/h4,6,10,14H,1-3,5,7-9,11-13H2,(H2,19,22)(H,20,23)/t14-/m0/s1. The number of piperidine rings is 1. The summed E-state index contributed by atoms with van der Waals surface area (Å²) in [6.07, 6.45) is 7.07. The van der Waals surface area contributed by atoms with Gasteiger partial charge in [-0.3, -0.25) is 4.79 Å². The number of carbonyl (C=O) groups excluding carboxylic acids is 2. The molecule has 5 nitrogen and oxygen atoms in total. The Morgan fingerprint density at radius 1 is 1.33 bits per heavy atom. The lowest BCUT2D eigenvalue weighted by molar-refractivity contribution is -0.119. The molecule has 24 heavy (non-hydrogen) atoms. The molecule has 2 heterocycles. The molecule has 2 aliphatic rings. The van der Waals surface area contributed by atoms with Crippen molar-refractivity contribution in [3.05, 3.63) is 22.4 Å². The lowest BCUT2D eigenvalue weighted by Gasteiger charge is -2.34. The van der Waals surface area contributed by atoms with Crippen molar-refractivity contribution in [1.82, 2.24) is 10.2 Å². The summed E-state index contributed by atoms with van der Waals surface area (Å²) in [4.78, 5) is 27.0. The molecule has 3 amide bonds. The summed E-state index contributed by atoms with van der Waals surface area (Å²) in [6, 6.07) is 4.30. The second kappa shape index (κ2) is 7.55. The topological polar surface area (TPSA) is 75.4 Å². The van der Waals surface area contributed by atoms with Gasteiger partial charge in [0.1, 0.15) is 0 Å². The molecule has 132 valence electrons. The highest BCUT2D eigenvalue weighted by Crippen LogP contribution is 2.42. The van der Waals surface area contributed by atoms with Crippen molar-refractivity contribution < 1.29 is 9.59 Å². The van der Waals surface area contributed by atoms with Gasteiger partial charge in [0.05, 0.1) is 0 Å². The summed E-state index contributed by atoms with van der Waals surface area (Å²) in [5.74, 6) is -0.0652. The molecule has 0 spiro atoms. The van der Waals surface area contributed by atoms with Gasteiger partial charge in [0, 0.05) is 36.3 Å². The van der Waals surface area contributed by atoms with Crippen molar-refractivity contribution in [2.75, 3.05) is 19.6 Å². The second-order valence-electron chi connectivity index (χ2n) is 7.25. The number of amides is 3. The monoisotopic (exact) mass is 349 g/mol. The Labute approximate surface area is 147 Å². The minimum Gasteiger partial charge on any atom is -0.370 e. The fraction of sp³-hybridized carbons (Fsp3) is 0.667. The van der Waals surface area contributed by atoms with Crippen LogP contribution in [-0.4, -0.2) is 36.5 Å². The zero-order chi connectivity index (χ0) is 17.0. The SMILES string of the molecule is NC(=O)C[C@@H]1CCCN(C(=O)NCC2(c3cccs3)CCCC2)C1. The first-order chi connectivity index (χ1) is 11.6. The van der Waals surface area contributed by atoms with Crippen LogP contribution in [0.2, 0.25) is 0 Å². The number of urea groups is 1. The van der Waals surface area contributed by atoms with Crippen LogP contribution in [-0.2, 0) is 10.2 Å². The summed E-state index contributed by atoms with van der Waals surface area (Å²) in [6.45, 7) is 2.12. The van der Waals surface area contributed by atoms with Crippen LogP contribution in [0.1, 0.15) is 49.8 Å². The fourth-order valence-electron chi connectivity index (χ4n) is 4.20. The van der Waals surface area contributed by atoms with Crippen LogP contribution in [0.3, 0.4) is 0 Å². The van der Waals surface area contributed by atoms with Gasteiger partial charge in [0.2, 0.25) is 5.91 Å². The lowest BCUT2D eigenvalue weighted by Crippen LogP contribution is -2.49. The van der Waals surface area contributed by atoms with Crippen molar-refractivity contribution in [2.45, 2.75) is 50.4 Å². The highest BCUT2D eigenvalue weighted by atomic mass is 32.1. The van der Waals surface area contributed by atoms with Gasteiger partial charge in [-0.2, -0.15) is 0 Å². The van der Waals surface area contributed by atoms with E-state index in [1.807, 2.05) is 4.90 Å². The van der Waals surface area contributed by atoms with Crippen molar-refractivity contribution in [1.29, 1.82) is 0 Å². The number of nitrogens with two attached hydrogens (primary N) is 1. The first-order valence-electron chi connectivity index (χ1n) is 8.94. The fourth-order valence-corrected chi connectivity index (χ4v) is 5.19. The zero-order valence-electron chi connectivity index (χ0n) is 14.1. The normalized spacial score (nSPS) is 23.2. The third-order valence-corrected chi connectivity index (χ3v) is 6.59. The molecule has 3 rings (SSSR count). The summed E-state index contributed by atoms with van der Waals surface area (Å²) in [5.41, 5.74) is 5.42. The number of rotatable bonds is 5. The second-order valence-corrected chi connectivity index (χ2v) is 8.20. The third kappa shape index (κ3) is 3.91. The number of carbonyl (C=O) groups is 2. The molecule has 0 aromatic carbocycles. The van der Waals surface area contributed by atoms with E-state index in [2.05, 4.69) is 22.8 Å². The Kier molecular flexibility index (Phi) is 5.43. The van der Waals surface area contributed by atoms with Crippen LogP contribution >= 0.6 is 11.3 Å². The summed E-state index contributed by atoms with van der Waals surface area (Å²) in [5, 5.41) is 5.30. The molecular formula is C18H27N3O2S. The van der Waals surface area contributed by atoms with Crippen LogP contribution < -0.4 is 11.1 Å². The maximum Gasteiger partial charge on any atom is 0.317 e. The maximum absolute atomic E-state index is 12.6. The summed E-state index contributed by atoms with van der Waals surface area (Å²) >= 11 is 1.80. The predicted molar refractivity (Wildman–Crippen MR) is 96.0 cm³/mol. The molecule has 1 saturated heterocycles. The van der Waals surface area contributed by atoms with Crippen molar-refractivity contribution in [3.8, 4) is 0 Å². The van der Waals surface area contributed by atoms with E-state index in [0.717, 1.165) is 32.2 Å². The molecule has 1 aromatic heterocycles. The lowest BCUT2D eigenvalue weighted by atomic mass is 9.84. The highest BCUT2D eigenvalue weighted by Gasteiger charge is 2.37. The van der Waals surface area contributed by atoms with Crippen molar-refractivity contribution in [2.24, 2.45) is 11.7 Å². The smallest absolute Gasteiger partial charge is 0.317 e. The number of hydrogen-bond donors (Lipinski definition) is 2. The molecule has 0 radical (unpaired) electrons. The molecule has 0 unspecified atom stereocenters. The van der Waals surface area contributed by atoms with Crippen molar-refractivity contribution >= 4 is 23.3 Å². The molecule has 6 heteroatoms. The molecule has 1 aromatic rings. The van der Waals surface area contributed by atoms with E-state index < -0.39 is 0 Å². The van der Waals surface area contributed by atoms with Gasteiger partial charge in [0.25, 0.3) is 0 Å². The molecule has 1 atom stereocenters. The molecular weight excluding hydrogens is 322 g/mol. The van der Waals surface area contributed by atoms with Gasteiger partial charge in [-0.15, -0.1) is 11.3 Å².